The molecule has 5 nitrogen and oxygen atoms in total. The van der Waals surface area contributed by atoms with Gasteiger partial charge in [-0.05, 0) is 56.0 Å². The molecular weight excluding hydrogens is 391 g/mol. The molecule has 3 rings (SSSR count). The van der Waals surface area contributed by atoms with Gasteiger partial charge in [0.05, 0.1) is 10.9 Å². The number of rotatable bonds is 7. The van der Waals surface area contributed by atoms with Crippen LogP contribution in [-0.4, -0.2) is 31.2 Å². The number of hydrogen-bond acceptors (Lipinski definition) is 3. The van der Waals surface area contributed by atoms with Crippen molar-refractivity contribution in [1.82, 2.24) is 9.62 Å². The van der Waals surface area contributed by atoms with Gasteiger partial charge in [-0.2, -0.15) is 4.31 Å². The van der Waals surface area contributed by atoms with Gasteiger partial charge in [0.1, 0.15) is 5.82 Å². The van der Waals surface area contributed by atoms with Crippen molar-refractivity contribution in [1.29, 1.82) is 0 Å². The van der Waals surface area contributed by atoms with Gasteiger partial charge < -0.3 is 5.32 Å². The van der Waals surface area contributed by atoms with E-state index in [1.54, 1.807) is 47.6 Å². The van der Waals surface area contributed by atoms with Gasteiger partial charge in [-0.3, -0.25) is 4.79 Å². The van der Waals surface area contributed by atoms with Crippen molar-refractivity contribution in [2.75, 3.05) is 6.54 Å². The molecule has 0 bridgehead atoms. The number of sulfonamides is 1. The Hall–Kier alpha value is -2.25. The summed E-state index contributed by atoms with van der Waals surface area (Å²) in [7, 11) is -3.74. The number of carbonyl (C=O) groups excluding carboxylic acids is 1. The number of amides is 1. The summed E-state index contributed by atoms with van der Waals surface area (Å²) in [6.45, 7) is 4.11. The largest absolute Gasteiger partial charge is 0.356 e. The zero-order valence-corrected chi connectivity index (χ0v) is 17.6. The van der Waals surface area contributed by atoms with Gasteiger partial charge in [-0.15, -0.1) is 0 Å². The normalized spacial score (nSPS) is 20.0. The molecule has 0 aliphatic carbocycles. The van der Waals surface area contributed by atoms with Crippen LogP contribution < -0.4 is 5.32 Å². The predicted molar refractivity (Wildman–Crippen MR) is 110 cm³/mol. The highest BCUT2D eigenvalue weighted by molar-refractivity contribution is 7.89. The quantitative estimate of drug-likeness (QED) is 0.741. The first-order chi connectivity index (χ1) is 13.8. The second-order valence-corrected chi connectivity index (χ2v) is 9.28. The van der Waals surface area contributed by atoms with E-state index in [4.69, 9.17) is 0 Å². The van der Waals surface area contributed by atoms with Crippen molar-refractivity contribution in [3.63, 3.8) is 0 Å². The van der Waals surface area contributed by atoms with E-state index >= 15 is 0 Å². The Bertz CT molecular complexity index is 943. The van der Waals surface area contributed by atoms with Crippen LogP contribution in [0.15, 0.2) is 53.4 Å². The second kappa shape index (κ2) is 9.05. The Balaban J connectivity index is 1.91. The highest BCUT2D eigenvalue weighted by Crippen LogP contribution is 2.41. The lowest BCUT2D eigenvalue weighted by molar-refractivity contribution is -0.120. The summed E-state index contributed by atoms with van der Waals surface area (Å²) in [5.41, 5.74) is 1.77. The number of hydrogen-bond donors (Lipinski definition) is 1. The lowest BCUT2D eigenvalue weighted by Gasteiger charge is -2.30. The lowest BCUT2D eigenvalue weighted by Crippen LogP contribution is -2.39. The van der Waals surface area contributed by atoms with Gasteiger partial charge in [0.2, 0.25) is 15.9 Å². The molecule has 0 aromatic heterocycles. The molecule has 1 N–H and O–H groups in total. The molecule has 1 saturated heterocycles. The van der Waals surface area contributed by atoms with Gasteiger partial charge in [0.25, 0.3) is 0 Å². The van der Waals surface area contributed by atoms with Gasteiger partial charge in [0.15, 0.2) is 0 Å². The van der Waals surface area contributed by atoms with E-state index in [9.17, 15) is 17.6 Å². The fourth-order valence-corrected chi connectivity index (χ4v) is 5.72. The van der Waals surface area contributed by atoms with E-state index in [1.807, 2.05) is 6.92 Å². The molecule has 156 valence electrons. The Morgan fingerprint density at radius 2 is 1.76 bits per heavy atom. The third kappa shape index (κ3) is 4.85. The van der Waals surface area contributed by atoms with Crippen LogP contribution in [0.2, 0.25) is 0 Å². The fourth-order valence-electron chi connectivity index (χ4n) is 3.83. The van der Waals surface area contributed by atoms with E-state index in [1.165, 1.54) is 12.1 Å². The zero-order chi connectivity index (χ0) is 21.0. The Morgan fingerprint density at radius 1 is 1.10 bits per heavy atom. The van der Waals surface area contributed by atoms with Crippen molar-refractivity contribution >= 4 is 15.9 Å². The third-order valence-electron chi connectivity index (χ3n) is 5.41. The molecule has 2 atom stereocenters. The summed E-state index contributed by atoms with van der Waals surface area (Å²) in [5.74, 6) is -0.399. The first kappa shape index (κ1) is 21.5. The molecule has 1 aliphatic heterocycles. The second-order valence-electron chi connectivity index (χ2n) is 7.44. The van der Waals surface area contributed by atoms with Gasteiger partial charge in [-0.1, -0.05) is 36.8 Å². The summed E-state index contributed by atoms with van der Waals surface area (Å²) >= 11 is 0. The Morgan fingerprint density at radius 3 is 2.38 bits per heavy atom. The smallest absolute Gasteiger partial charge is 0.243 e. The average Bonchev–Trinajstić information content (AvgIpc) is 3.13. The Labute approximate surface area is 172 Å². The van der Waals surface area contributed by atoms with Crippen molar-refractivity contribution < 1.29 is 17.6 Å². The van der Waals surface area contributed by atoms with E-state index in [0.717, 1.165) is 11.1 Å². The van der Waals surface area contributed by atoms with E-state index < -0.39 is 10.0 Å². The van der Waals surface area contributed by atoms with Crippen molar-refractivity contribution in [3.8, 4) is 0 Å². The van der Waals surface area contributed by atoms with E-state index in [0.29, 0.717) is 32.2 Å². The number of benzene rings is 2. The number of nitrogens with one attached hydrogen (secondary N) is 1. The molecule has 0 radical (unpaired) electrons. The zero-order valence-electron chi connectivity index (χ0n) is 16.8. The molecule has 7 heteroatoms. The van der Waals surface area contributed by atoms with Crippen molar-refractivity contribution in [3.05, 3.63) is 65.5 Å². The number of aryl methyl sites for hydroxylation is 1. The van der Waals surface area contributed by atoms with Crippen LogP contribution in [0.1, 0.15) is 49.8 Å². The van der Waals surface area contributed by atoms with Crippen LogP contribution in [-0.2, 0) is 14.8 Å². The van der Waals surface area contributed by atoms with E-state index in [-0.39, 0.29) is 28.7 Å². The predicted octanol–water partition coefficient (Wildman–Crippen LogP) is 3.94. The molecule has 1 amide bonds. The summed E-state index contributed by atoms with van der Waals surface area (Å²) in [6.07, 6.45) is 2.28. The molecule has 0 saturated carbocycles. The summed E-state index contributed by atoms with van der Waals surface area (Å²) in [4.78, 5) is 11.8. The minimum Gasteiger partial charge on any atom is -0.356 e. The summed E-state index contributed by atoms with van der Waals surface area (Å²) in [6, 6.07) is 12.3. The molecule has 1 aliphatic rings. The average molecular weight is 419 g/mol. The minimum atomic E-state index is -3.74. The van der Waals surface area contributed by atoms with Crippen LogP contribution in [0, 0.1) is 12.7 Å². The molecule has 2 aromatic carbocycles. The van der Waals surface area contributed by atoms with Crippen molar-refractivity contribution in [2.24, 2.45) is 0 Å². The van der Waals surface area contributed by atoms with Crippen LogP contribution in [0.5, 0.6) is 0 Å². The molecule has 0 spiro atoms. The molecule has 29 heavy (non-hydrogen) atoms. The lowest BCUT2D eigenvalue weighted by atomic mass is 10.1. The SMILES string of the molecule is CCC(=O)NCCC1CCC(c2ccc(F)cc2)N1S(=O)(=O)c1ccc(C)cc1. The van der Waals surface area contributed by atoms with E-state index in [2.05, 4.69) is 5.32 Å². The maximum atomic E-state index is 13.5. The molecular formula is C22H27FN2O3S. The van der Waals surface area contributed by atoms with Crippen LogP contribution >= 0.6 is 0 Å². The minimum absolute atomic E-state index is 0.0500. The Kier molecular flexibility index (Phi) is 6.70. The highest BCUT2D eigenvalue weighted by Gasteiger charge is 2.42. The first-order valence-corrected chi connectivity index (χ1v) is 11.4. The summed E-state index contributed by atoms with van der Waals surface area (Å²) in [5, 5.41) is 2.83. The monoisotopic (exact) mass is 418 g/mol. The number of carbonyl (C=O) groups is 1. The summed E-state index contributed by atoms with van der Waals surface area (Å²) < 4.78 is 42.0. The van der Waals surface area contributed by atoms with Crippen LogP contribution in [0.3, 0.4) is 0 Å². The van der Waals surface area contributed by atoms with Crippen LogP contribution in [0.4, 0.5) is 4.39 Å². The van der Waals surface area contributed by atoms with Gasteiger partial charge in [0, 0.05) is 19.0 Å². The molecule has 1 fully saturated rings. The fraction of sp³-hybridized carbons (Fsp3) is 0.409. The maximum Gasteiger partial charge on any atom is 0.243 e. The maximum absolute atomic E-state index is 13.5. The number of halogens is 1. The highest BCUT2D eigenvalue weighted by atomic mass is 32.2. The topological polar surface area (TPSA) is 66.5 Å². The van der Waals surface area contributed by atoms with Gasteiger partial charge in [-0.25, -0.2) is 12.8 Å². The van der Waals surface area contributed by atoms with Crippen LogP contribution in [0.25, 0.3) is 0 Å². The first-order valence-electron chi connectivity index (χ1n) is 9.95. The molecule has 1 heterocycles. The molecule has 2 aromatic rings. The third-order valence-corrected chi connectivity index (χ3v) is 7.39. The van der Waals surface area contributed by atoms with Crippen molar-refractivity contribution in [2.45, 2.75) is 56.5 Å². The molecule has 2 unspecified atom stereocenters. The number of nitrogens with zero attached hydrogens (tertiary/aromatic N) is 1. The standard InChI is InChI=1S/C22H27FN2O3S/c1-3-22(26)24-15-14-19-10-13-21(17-6-8-18(23)9-7-17)25(19)29(27,28)20-11-4-16(2)5-12-20/h4-9,11-12,19,21H,3,10,13-15H2,1-2H3,(H,24,26). The van der Waals surface area contributed by atoms with Gasteiger partial charge >= 0.3 is 0 Å².